The Hall–Kier alpha value is -0.810. The molecule has 4 N–H and O–H groups in total. The number of hydrogen-bond donors (Lipinski definition) is 4. The second-order valence-corrected chi connectivity index (χ2v) is 14.5. The first kappa shape index (κ1) is 46.2. The molecule has 9 nitrogen and oxygen atoms in total. The van der Waals surface area contributed by atoms with Crippen molar-refractivity contribution in [2.75, 3.05) is 26.4 Å². The SMILES string of the molecule is CCCCCCCCCCCCCCCOCC(COC1OC(CO)C(O)C(O)C1O)OC(=O)CCCCCCCCCCCCCCC. The number of carbonyl (C=O) groups excluding carboxylic acids is 1. The first-order chi connectivity index (χ1) is 23.9. The molecule has 0 bridgehead atoms. The van der Waals surface area contributed by atoms with Gasteiger partial charge in [0.2, 0.25) is 0 Å². The lowest BCUT2D eigenvalue weighted by molar-refractivity contribution is -0.305. The van der Waals surface area contributed by atoms with Gasteiger partial charge in [-0.3, -0.25) is 4.79 Å². The van der Waals surface area contributed by atoms with E-state index in [2.05, 4.69) is 13.8 Å². The molecule has 0 radical (unpaired) electrons. The van der Waals surface area contributed by atoms with Crippen LogP contribution in [0, 0.1) is 0 Å². The average molecular weight is 703 g/mol. The fraction of sp³-hybridized carbons (Fsp3) is 0.975. The van der Waals surface area contributed by atoms with Crippen LogP contribution in [-0.4, -0.2) is 89.6 Å². The Balaban J connectivity index is 2.29. The minimum Gasteiger partial charge on any atom is -0.457 e. The molecule has 0 aromatic carbocycles. The summed E-state index contributed by atoms with van der Waals surface area (Å²) in [4.78, 5) is 12.7. The topological polar surface area (TPSA) is 135 Å². The number of aliphatic hydroxyl groups is 4. The number of hydrogen-bond acceptors (Lipinski definition) is 9. The van der Waals surface area contributed by atoms with Crippen LogP contribution >= 0.6 is 0 Å². The molecule has 1 rings (SSSR count). The lowest BCUT2D eigenvalue weighted by atomic mass is 9.99. The first-order valence-corrected chi connectivity index (χ1v) is 20.6. The van der Waals surface area contributed by atoms with E-state index in [1.807, 2.05) is 0 Å². The summed E-state index contributed by atoms with van der Waals surface area (Å²) in [5, 5.41) is 40.0. The lowest BCUT2D eigenvalue weighted by Crippen LogP contribution is -2.59. The van der Waals surface area contributed by atoms with Gasteiger partial charge in [0.25, 0.3) is 0 Å². The zero-order valence-corrected chi connectivity index (χ0v) is 31.7. The van der Waals surface area contributed by atoms with Crippen LogP contribution in [0.25, 0.3) is 0 Å². The molecular weight excluding hydrogens is 624 g/mol. The molecule has 1 aliphatic heterocycles. The summed E-state index contributed by atoms with van der Waals surface area (Å²) in [6.07, 6.45) is 25.5. The molecule has 9 heteroatoms. The van der Waals surface area contributed by atoms with Crippen molar-refractivity contribution in [1.29, 1.82) is 0 Å². The fourth-order valence-corrected chi connectivity index (χ4v) is 6.49. The third-order valence-corrected chi connectivity index (χ3v) is 9.77. The highest BCUT2D eigenvalue weighted by Gasteiger charge is 2.44. The Morgan fingerprint density at radius 2 is 1.00 bits per heavy atom. The van der Waals surface area contributed by atoms with E-state index >= 15 is 0 Å². The van der Waals surface area contributed by atoms with Crippen molar-refractivity contribution < 1.29 is 44.2 Å². The van der Waals surface area contributed by atoms with Gasteiger partial charge >= 0.3 is 5.97 Å². The van der Waals surface area contributed by atoms with Crippen LogP contribution in [-0.2, 0) is 23.7 Å². The van der Waals surface area contributed by atoms with Gasteiger partial charge in [0.05, 0.1) is 19.8 Å². The van der Waals surface area contributed by atoms with E-state index in [-0.39, 0.29) is 19.2 Å². The van der Waals surface area contributed by atoms with Crippen molar-refractivity contribution in [2.45, 2.75) is 224 Å². The van der Waals surface area contributed by atoms with Gasteiger partial charge < -0.3 is 39.4 Å². The smallest absolute Gasteiger partial charge is 0.306 e. The highest BCUT2D eigenvalue weighted by molar-refractivity contribution is 5.69. The second kappa shape index (κ2) is 33.1. The predicted molar refractivity (Wildman–Crippen MR) is 196 cm³/mol. The van der Waals surface area contributed by atoms with Crippen LogP contribution in [0.15, 0.2) is 0 Å². The maximum Gasteiger partial charge on any atom is 0.306 e. The molecule has 1 heterocycles. The molecule has 1 aliphatic rings. The minimum atomic E-state index is -1.53. The molecular formula is C40H78O9. The summed E-state index contributed by atoms with van der Waals surface area (Å²) in [5.41, 5.74) is 0. The molecule has 0 spiro atoms. The van der Waals surface area contributed by atoms with Crippen molar-refractivity contribution in [3.8, 4) is 0 Å². The van der Waals surface area contributed by atoms with E-state index in [4.69, 9.17) is 18.9 Å². The van der Waals surface area contributed by atoms with Crippen molar-refractivity contribution in [3.05, 3.63) is 0 Å². The molecule has 0 amide bonds. The van der Waals surface area contributed by atoms with E-state index in [9.17, 15) is 25.2 Å². The summed E-state index contributed by atoms with van der Waals surface area (Å²) in [5.74, 6) is -0.310. The molecule has 6 unspecified atom stereocenters. The molecule has 0 saturated carbocycles. The summed E-state index contributed by atoms with van der Waals surface area (Å²) in [6.45, 7) is 4.58. The van der Waals surface area contributed by atoms with E-state index in [1.165, 1.54) is 135 Å². The molecule has 0 aliphatic carbocycles. The summed E-state index contributed by atoms with van der Waals surface area (Å²) in [7, 11) is 0. The number of unbranched alkanes of at least 4 members (excludes halogenated alkanes) is 24. The van der Waals surface area contributed by atoms with Gasteiger partial charge in [-0.1, -0.05) is 168 Å². The Morgan fingerprint density at radius 3 is 1.45 bits per heavy atom. The van der Waals surface area contributed by atoms with E-state index in [1.54, 1.807) is 0 Å². The molecule has 0 aromatic heterocycles. The van der Waals surface area contributed by atoms with Crippen LogP contribution in [0.4, 0.5) is 0 Å². The van der Waals surface area contributed by atoms with Crippen molar-refractivity contribution >= 4 is 5.97 Å². The van der Waals surface area contributed by atoms with Gasteiger partial charge in [-0.25, -0.2) is 0 Å². The zero-order chi connectivity index (χ0) is 35.8. The number of rotatable bonds is 35. The zero-order valence-electron chi connectivity index (χ0n) is 31.7. The molecule has 0 aromatic rings. The largest absolute Gasteiger partial charge is 0.457 e. The van der Waals surface area contributed by atoms with Crippen molar-refractivity contribution in [3.63, 3.8) is 0 Å². The Morgan fingerprint density at radius 1 is 0.571 bits per heavy atom. The molecule has 1 saturated heterocycles. The van der Waals surface area contributed by atoms with Crippen molar-refractivity contribution in [1.82, 2.24) is 0 Å². The third-order valence-electron chi connectivity index (χ3n) is 9.77. The maximum absolute atomic E-state index is 12.7. The summed E-state index contributed by atoms with van der Waals surface area (Å²) in [6, 6.07) is 0. The van der Waals surface area contributed by atoms with Gasteiger partial charge in [-0.2, -0.15) is 0 Å². The molecule has 1 fully saturated rings. The van der Waals surface area contributed by atoms with Gasteiger partial charge in [-0.15, -0.1) is 0 Å². The number of aliphatic hydroxyl groups excluding tert-OH is 4. The van der Waals surface area contributed by atoms with Gasteiger partial charge in [0.1, 0.15) is 30.5 Å². The standard InChI is InChI=1S/C40H78O9/c1-3-5-7-9-11-13-15-17-19-21-23-25-27-29-36(42)48-34(33-47-40-39(45)38(44)37(43)35(31-41)49-40)32-46-30-28-26-24-22-20-18-16-14-12-10-8-6-4-2/h34-35,37-41,43-45H,3-33H2,1-2H3. The highest BCUT2D eigenvalue weighted by atomic mass is 16.7. The second-order valence-electron chi connectivity index (χ2n) is 14.5. The normalized spacial score (nSPS) is 21.6. The summed E-state index contributed by atoms with van der Waals surface area (Å²) >= 11 is 0. The van der Waals surface area contributed by atoms with Crippen LogP contribution in [0.3, 0.4) is 0 Å². The van der Waals surface area contributed by atoms with Crippen LogP contribution < -0.4 is 0 Å². The van der Waals surface area contributed by atoms with E-state index < -0.39 is 43.4 Å². The van der Waals surface area contributed by atoms with E-state index in [0.29, 0.717) is 13.0 Å². The number of carbonyl (C=O) groups is 1. The molecule has 49 heavy (non-hydrogen) atoms. The monoisotopic (exact) mass is 703 g/mol. The van der Waals surface area contributed by atoms with Crippen LogP contribution in [0.2, 0.25) is 0 Å². The van der Waals surface area contributed by atoms with Crippen LogP contribution in [0.5, 0.6) is 0 Å². The van der Waals surface area contributed by atoms with E-state index in [0.717, 1.165) is 32.1 Å². The quantitative estimate of drug-likeness (QED) is 0.0380. The van der Waals surface area contributed by atoms with Gasteiger partial charge in [0.15, 0.2) is 6.29 Å². The highest BCUT2D eigenvalue weighted by Crippen LogP contribution is 2.22. The third kappa shape index (κ3) is 24.9. The number of esters is 1. The Labute approximate surface area is 300 Å². The van der Waals surface area contributed by atoms with Gasteiger partial charge in [-0.05, 0) is 12.8 Å². The van der Waals surface area contributed by atoms with Gasteiger partial charge in [0, 0.05) is 13.0 Å². The van der Waals surface area contributed by atoms with Crippen LogP contribution in [0.1, 0.15) is 187 Å². The average Bonchev–Trinajstić information content (AvgIpc) is 3.10. The predicted octanol–water partition coefficient (Wildman–Crippen LogP) is 8.30. The van der Waals surface area contributed by atoms with Crippen molar-refractivity contribution in [2.24, 2.45) is 0 Å². The summed E-state index contributed by atoms with van der Waals surface area (Å²) < 4.78 is 22.7. The lowest BCUT2D eigenvalue weighted by Gasteiger charge is -2.39. The maximum atomic E-state index is 12.7. The fourth-order valence-electron chi connectivity index (χ4n) is 6.49. The Bertz CT molecular complexity index is 722. The molecule has 6 atom stereocenters. The minimum absolute atomic E-state index is 0.106. The first-order valence-electron chi connectivity index (χ1n) is 20.6. The molecule has 292 valence electrons. The Kier molecular flexibility index (Phi) is 31.2. The number of ether oxygens (including phenoxy) is 4.